The van der Waals surface area contributed by atoms with Crippen molar-refractivity contribution < 1.29 is 34.4 Å². The Hall–Kier alpha value is -13.5. The minimum atomic E-state index is -2.25. The van der Waals surface area contributed by atoms with Gasteiger partial charge in [-0.15, -0.1) is 0 Å². The lowest BCUT2D eigenvalue weighted by atomic mass is 10.1. The first-order valence-corrected chi connectivity index (χ1v) is 42.4. The second kappa shape index (κ2) is 31.8. The quantitative estimate of drug-likeness (QED) is 0.141. The molecule has 632 valence electrons. The van der Waals surface area contributed by atoms with Crippen LogP contribution < -0.4 is 34.3 Å². The van der Waals surface area contributed by atoms with Gasteiger partial charge in [0.2, 0.25) is 28.6 Å². The molecule has 5 atom stereocenters. The number of aryl methyl sites for hydroxylation is 10. The number of benzene rings is 7. The molecule has 20 nitrogen and oxygen atoms in total. The van der Waals surface area contributed by atoms with E-state index in [9.17, 15) is 0 Å². The van der Waals surface area contributed by atoms with Gasteiger partial charge in [0.05, 0.1) is 55.3 Å². The van der Waals surface area contributed by atoms with Gasteiger partial charge in [0.15, 0.2) is 27.9 Å². The number of fused-ring (bicyclic) bond motifs is 17. The van der Waals surface area contributed by atoms with Crippen molar-refractivity contribution in [2.75, 3.05) is 48.3 Å². The Bertz CT molecular complexity index is 6990. The van der Waals surface area contributed by atoms with Crippen molar-refractivity contribution in [2.24, 2.45) is 0 Å². The normalized spacial score (nSPS) is 18.9. The van der Waals surface area contributed by atoms with E-state index < -0.39 is 38.2 Å². The first kappa shape index (κ1) is 71.1. The van der Waals surface area contributed by atoms with Gasteiger partial charge in [-0.3, -0.25) is 0 Å². The number of aromatic nitrogens is 5. The molecule has 0 saturated heterocycles. The molecule has 5 aliphatic heterocycles. The summed E-state index contributed by atoms with van der Waals surface area (Å²) < 4.78 is 104. The second-order valence-corrected chi connectivity index (χ2v) is 33.9. The molecule has 0 bridgehead atoms. The molecule has 0 spiro atoms. The molecule has 0 radical (unpaired) electrons. The molecule has 22 rings (SSSR count). The third-order valence-corrected chi connectivity index (χ3v) is 24.8. The van der Waals surface area contributed by atoms with Crippen LogP contribution in [-0.4, -0.2) is 102 Å². The summed E-state index contributed by atoms with van der Waals surface area (Å²) >= 11 is 0. The zero-order valence-corrected chi connectivity index (χ0v) is 74.3. The largest absolute Gasteiger partial charge is 0.435 e. The van der Waals surface area contributed by atoms with Gasteiger partial charge in [0.25, 0.3) is 0 Å². The third kappa shape index (κ3) is 13.8. The summed E-state index contributed by atoms with van der Waals surface area (Å²) in [4.78, 5) is 42.5. The lowest BCUT2D eigenvalue weighted by Crippen LogP contribution is -2.42. The van der Waals surface area contributed by atoms with Crippen LogP contribution >= 0.6 is 0 Å². The average Bonchev–Trinajstić information content (AvgIpc) is 1.61. The highest BCUT2D eigenvalue weighted by Gasteiger charge is 2.39. The van der Waals surface area contributed by atoms with Gasteiger partial charge < -0.3 is 71.1 Å². The second-order valence-electron chi connectivity index (χ2n) is 33.9. The predicted octanol–water partition coefficient (Wildman–Crippen LogP) is 25.9. The summed E-state index contributed by atoms with van der Waals surface area (Å²) in [7, 11) is 0. The first-order chi connectivity index (χ1) is 62.8. The van der Waals surface area contributed by atoms with Gasteiger partial charge in [0, 0.05) is 160 Å². The molecule has 0 N–H and O–H groups in total. The standard InChI is InChI=1S/C24H25N3O.C22H21N3O.2C20H23N3O.C18H19N3O/c1-14(2)26-17(5)27(21-9-7-6-8-20(21)26)22-15(3)10-12-18-19-13-11-16(4)25-24(19)28-23(18)22;1-13-9-11-16-17-12-10-14(2)23-22(17)26-21(16)20(13)25-15(3)24(4)18-7-5-6-8-19(18)25;2*1-12(2)22-10-11-23(15(22)5)18-13(3)6-8-16-17-9-7-14(4)21-20(17)24-19(16)18;1-11-5-7-14-15-8-6-12(2)19-18(15)22-17(14)16(11)21-10-9-20(4)13(21)3/h6-14,17H,1-5H3;5-12,15H,1-4H3;2*6-12,15H,1-5H3;5-10,13H,1-4H3/i14D;4D3;2*12D;4D3. The Morgan fingerprint density at radius 3 is 0.871 bits per heavy atom. The number of nitrogens with zero attached hydrogens (tertiary/aromatic N) is 15. The van der Waals surface area contributed by atoms with Crippen molar-refractivity contribution in [3.8, 4) is 0 Å². The fourth-order valence-corrected chi connectivity index (χ4v) is 18.5. The molecule has 0 aliphatic carbocycles. The highest BCUT2D eigenvalue weighted by Crippen LogP contribution is 2.52. The molecule has 20 heteroatoms. The SMILES string of the molecule is [2H]C(C)(C)N1C=CN(c2c(C)ccc3c2oc2nc(C)ccc23)C1C.[2H]C(C)(C)N1C=CN(c2c(C)ccc3c2oc2nc(C)ccc23)C1C.[2H]C(C)(C)N1c2ccccc2N(c2c(C)ccc3c2oc2nc(C)ccc23)C1C.[2H]C([2H])([2H])N1C=CN(c2c(C)ccc3c2oc2nc(C)ccc23)C1C.[2H]C([2H])([2H])N1c2ccccc2N(c2c(C)ccc3c2oc2nc(C)ccc23)C1C. The number of furan rings is 5. The molecule has 15 heterocycles. The minimum Gasteiger partial charge on any atom is -0.435 e. The summed E-state index contributed by atoms with van der Waals surface area (Å²) in [5, 5.41) is 10.2. The van der Waals surface area contributed by atoms with Crippen LogP contribution in [0.2, 0.25) is 0 Å². The highest BCUT2D eigenvalue weighted by atomic mass is 16.4. The predicted molar refractivity (Wildman–Crippen MR) is 512 cm³/mol. The Labute approximate surface area is 737 Å². The molecule has 17 aromatic rings. The van der Waals surface area contributed by atoms with Crippen LogP contribution in [0.25, 0.3) is 110 Å². The van der Waals surface area contributed by atoms with Gasteiger partial charge in [-0.05, 0) is 258 Å². The Kier molecular flexibility index (Phi) is 18.2. The lowest BCUT2D eigenvalue weighted by molar-refractivity contribution is 0.263. The van der Waals surface area contributed by atoms with Crippen LogP contribution in [0.15, 0.2) is 229 Å². The van der Waals surface area contributed by atoms with Crippen molar-refractivity contribution in [3.63, 3.8) is 0 Å². The molecular formula is C104H111N15O5. The Morgan fingerprint density at radius 1 is 0.282 bits per heavy atom. The van der Waals surface area contributed by atoms with E-state index in [4.69, 9.17) is 34.4 Å². The zero-order valence-electron chi connectivity index (χ0n) is 83.3. The number of hydrogen-bond donors (Lipinski definition) is 0. The van der Waals surface area contributed by atoms with Crippen molar-refractivity contribution in [1.82, 2.24) is 39.6 Å². The molecule has 7 aromatic carbocycles. The van der Waals surface area contributed by atoms with Crippen molar-refractivity contribution in [3.05, 3.63) is 263 Å². The van der Waals surface area contributed by atoms with E-state index in [0.717, 1.165) is 184 Å². The number of hydrogen-bond acceptors (Lipinski definition) is 20. The summed E-state index contributed by atoms with van der Waals surface area (Å²) in [6.07, 6.45) is 10.8. The first-order valence-electron chi connectivity index (χ1n) is 46.9. The molecule has 10 aromatic heterocycles. The van der Waals surface area contributed by atoms with Gasteiger partial charge in [-0.1, -0.05) is 84.9 Å². The van der Waals surface area contributed by atoms with Crippen molar-refractivity contribution >= 4 is 162 Å². The van der Waals surface area contributed by atoms with E-state index in [-0.39, 0.29) is 24.7 Å². The fourth-order valence-electron chi connectivity index (χ4n) is 18.5. The molecule has 0 amide bonds. The van der Waals surface area contributed by atoms with Crippen LogP contribution in [-0.2, 0) is 0 Å². The van der Waals surface area contributed by atoms with Crippen molar-refractivity contribution in [2.45, 2.75) is 194 Å². The maximum atomic E-state index is 8.74. The molecule has 5 unspecified atom stereocenters. The van der Waals surface area contributed by atoms with Crippen molar-refractivity contribution in [1.29, 1.82) is 0 Å². The maximum Gasteiger partial charge on any atom is 0.227 e. The Morgan fingerprint density at radius 2 is 0.565 bits per heavy atom. The maximum absolute atomic E-state index is 8.74. The van der Waals surface area contributed by atoms with Crippen LogP contribution in [0.4, 0.5) is 51.2 Å². The van der Waals surface area contributed by atoms with Gasteiger partial charge in [-0.2, -0.15) is 0 Å². The number of para-hydroxylation sites is 4. The molecule has 124 heavy (non-hydrogen) atoms. The van der Waals surface area contributed by atoms with Crippen LogP contribution in [0.5, 0.6) is 0 Å². The van der Waals surface area contributed by atoms with Gasteiger partial charge >= 0.3 is 0 Å². The summed E-state index contributed by atoms with van der Waals surface area (Å²) in [5.41, 5.74) is 25.9. The van der Waals surface area contributed by atoms with E-state index in [1.807, 2.05) is 234 Å². The Balaban J connectivity index is 0.000000112. The third-order valence-electron chi connectivity index (χ3n) is 24.8. The zero-order chi connectivity index (χ0) is 94.8. The summed E-state index contributed by atoms with van der Waals surface area (Å²) in [6, 6.07) is 55.0. The van der Waals surface area contributed by atoms with E-state index in [1.165, 1.54) is 9.80 Å². The molecule has 0 fully saturated rings. The number of anilines is 9. The van der Waals surface area contributed by atoms with Gasteiger partial charge in [-0.25, -0.2) is 24.9 Å². The smallest absolute Gasteiger partial charge is 0.227 e. The van der Waals surface area contributed by atoms with Crippen LogP contribution in [0, 0.1) is 69.2 Å². The molecular weight excluding hydrogens is 1540 g/mol. The summed E-state index contributed by atoms with van der Waals surface area (Å²) in [5.74, 6) is 0. The molecule has 0 saturated carbocycles. The van der Waals surface area contributed by atoms with E-state index in [0.29, 0.717) is 34.3 Å². The van der Waals surface area contributed by atoms with E-state index >= 15 is 0 Å². The number of rotatable bonds is 8. The summed E-state index contributed by atoms with van der Waals surface area (Å²) in [6.45, 7) is 37.3. The van der Waals surface area contributed by atoms with E-state index in [2.05, 4.69) is 170 Å². The van der Waals surface area contributed by atoms with Crippen LogP contribution in [0.3, 0.4) is 0 Å². The number of pyridine rings is 5. The topological polar surface area (TPSA) is 163 Å². The molecule has 5 aliphatic rings. The monoisotopic (exact) mass is 1660 g/mol. The minimum absolute atomic E-state index is 0.0212. The lowest BCUT2D eigenvalue weighted by Gasteiger charge is -2.33. The average molecular weight is 1660 g/mol. The fraction of sp³-hybridized carbons (Fsp3) is 0.298. The van der Waals surface area contributed by atoms with Crippen LogP contribution in [0.1, 0.15) is 145 Å². The van der Waals surface area contributed by atoms with Gasteiger partial charge in [0.1, 0.15) is 30.8 Å². The highest BCUT2D eigenvalue weighted by molar-refractivity contribution is 6.14. The van der Waals surface area contributed by atoms with E-state index in [1.54, 1.807) is 12.4 Å².